The lowest BCUT2D eigenvalue weighted by molar-refractivity contribution is -0.169. The molecule has 110 valence electrons. The van der Waals surface area contributed by atoms with E-state index in [1.165, 1.54) is 17.0 Å². The predicted molar refractivity (Wildman–Crippen MR) is 72.9 cm³/mol. The fourth-order valence-electron chi connectivity index (χ4n) is 2.17. The van der Waals surface area contributed by atoms with Gasteiger partial charge >= 0.3 is 0 Å². The first-order valence-electron chi connectivity index (χ1n) is 6.76. The standard InChI is InChI=1S/C15H20FNO3/c1-10(2)15(19)8-17(9-15)14(18)11(3)20-13-7-5-4-6-12(13)16/h4-7,10-11,19H,8-9H2,1-3H3. The second kappa shape index (κ2) is 5.40. The second-order valence-electron chi connectivity index (χ2n) is 5.64. The number of carbonyl (C=O) groups excluding carboxylic acids is 1. The van der Waals surface area contributed by atoms with Gasteiger partial charge < -0.3 is 14.7 Å². The number of ether oxygens (including phenoxy) is 1. The Kier molecular flexibility index (Phi) is 3.99. The number of β-amino-alcohol motifs (C(OH)–C–C–N with tert-alkyl or cyclic N) is 1. The van der Waals surface area contributed by atoms with Gasteiger partial charge in [-0.25, -0.2) is 4.39 Å². The summed E-state index contributed by atoms with van der Waals surface area (Å²) in [5, 5.41) is 10.1. The average Bonchev–Trinajstić information content (AvgIpc) is 2.36. The Balaban J connectivity index is 1.93. The predicted octanol–water partition coefficient (Wildman–Crippen LogP) is 1.82. The van der Waals surface area contributed by atoms with Crippen LogP contribution in [0.1, 0.15) is 20.8 Å². The zero-order chi connectivity index (χ0) is 14.9. The van der Waals surface area contributed by atoms with Crippen LogP contribution in [-0.4, -0.2) is 40.7 Å². The van der Waals surface area contributed by atoms with E-state index in [4.69, 9.17) is 4.74 Å². The summed E-state index contributed by atoms with van der Waals surface area (Å²) in [7, 11) is 0. The van der Waals surface area contributed by atoms with Crippen molar-refractivity contribution in [1.29, 1.82) is 0 Å². The smallest absolute Gasteiger partial charge is 0.263 e. The quantitative estimate of drug-likeness (QED) is 0.916. The Morgan fingerprint density at radius 3 is 2.50 bits per heavy atom. The number of halogens is 1. The summed E-state index contributed by atoms with van der Waals surface area (Å²) in [6, 6.07) is 5.98. The molecule has 1 N–H and O–H groups in total. The van der Waals surface area contributed by atoms with Gasteiger partial charge in [0.05, 0.1) is 13.1 Å². The molecule has 1 saturated heterocycles. The van der Waals surface area contributed by atoms with Crippen LogP contribution in [0.15, 0.2) is 24.3 Å². The number of hydrogen-bond acceptors (Lipinski definition) is 3. The first-order valence-corrected chi connectivity index (χ1v) is 6.76. The largest absolute Gasteiger partial charge is 0.478 e. The summed E-state index contributed by atoms with van der Waals surface area (Å²) in [6.45, 7) is 6.02. The van der Waals surface area contributed by atoms with Crippen molar-refractivity contribution in [3.8, 4) is 5.75 Å². The lowest BCUT2D eigenvalue weighted by Crippen LogP contribution is -2.67. The number of amides is 1. The normalized spacial score (nSPS) is 18.6. The molecule has 0 saturated carbocycles. The molecule has 2 rings (SSSR count). The van der Waals surface area contributed by atoms with Gasteiger partial charge in [0.15, 0.2) is 17.7 Å². The van der Waals surface area contributed by atoms with E-state index >= 15 is 0 Å². The van der Waals surface area contributed by atoms with Crippen LogP contribution in [0.2, 0.25) is 0 Å². The van der Waals surface area contributed by atoms with E-state index in [1.54, 1.807) is 19.1 Å². The molecule has 1 aromatic carbocycles. The van der Waals surface area contributed by atoms with Crippen LogP contribution in [0.5, 0.6) is 5.75 Å². The molecule has 4 nitrogen and oxygen atoms in total. The minimum Gasteiger partial charge on any atom is -0.478 e. The van der Waals surface area contributed by atoms with Crippen molar-refractivity contribution < 1.29 is 19.0 Å². The monoisotopic (exact) mass is 281 g/mol. The SMILES string of the molecule is CC(Oc1ccccc1F)C(=O)N1CC(O)(C(C)C)C1. The van der Waals surface area contributed by atoms with Crippen molar-refractivity contribution in [1.82, 2.24) is 4.90 Å². The molecule has 1 fully saturated rings. The van der Waals surface area contributed by atoms with Gasteiger partial charge in [0.25, 0.3) is 5.91 Å². The summed E-state index contributed by atoms with van der Waals surface area (Å²) in [4.78, 5) is 13.7. The van der Waals surface area contributed by atoms with Crippen LogP contribution in [0.4, 0.5) is 4.39 Å². The van der Waals surface area contributed by atoms with E-state index in [-0.39, 0.29) is 17.6 Å². The summed E-state index contributed by atoms with van der Waals surface area (Å²) in [6.07, 6.45) is -0.774. The third kappa shape index (κ3) is 2.77. The number of hydrogen-bond donors (Lipinski definition) is 1. The maximum absolute atomic E-state index is 13.4. The highest BCUT2D eigenvalue weighted by Gasteiger charge is 2.46. The molecule has 0 bridgehead atoms. The van der Waals surface area contributed by atoms with E-state index in [0.717, 1.165) is 0 Å². The highest BCUT2D eigenvalue weighted by Crippen LogP contribution is 2.29. The Labute approximate surface area is 118 Å². The van der Waals surface area contributed by atoms with E-state index in [0.29, 0.717) is 13.1 Å². The van der Waals surface area contributed by atoms with Crippen molar-refractivity contribution in [3.05, 3.63) is 30.1 Å². The lowest BCUT2D eigenvalue weighted by atomic mass is 9.83. The molecule has 1 atom stereocenters. The lowest BCUT2D eigenvalue weighted by Gasteiger charge is -2.49. The van der Waals surface area contributed by atoms with E-state index in [2.05, 4.69) is 0 Å². The van der Waals surface area contributed by atoms with Crippen LogP contribution in [0.25, 0.3) is 0 Å². The Bertz CT molecular complexity index is 498. The highest BCUT2D eigenvalue weighted by atomic mass is 19.1. The molecule has 0 spiro atoms. The summed E-state index contributed by atoms with van der Waals surface area (Å²) < 4.78 is 18.8. The summed E-state index contributed by atoms with van der Waals surface area (Å²) in [5.41, 5.74) is -0.812. The van der Waals surface area contributed by atoms with Crippen molar-refractivity contribution in [2.45, 2.75) is 32.5 Å². The maximum atomic E-state index is 13.4. The summed E-state index contributed by atoms with van der Waals surface area (Å²) in [5.74, 6) is -0.574. The molecular weight excluding hydrogens is 261 g/mol. The van der Waals surface area contributed by atoms with Gasteiger partial charge in [-0.3, -0.25) is 4.79 Å². The molecule has 1 aliphatic rings. The minimum absolute atomic E-state index is 0.0630. The number of nitrogens with zero attached hydrogens (tertiary/aromatic N) is 1. The molecule has 1 heterocycles. The molecule has 1 aliphatic heterocycles. The highest BCUT2D eigenvalue weighted by molar-refractivity contribution is 5.82. The molecule has 0 aliphatic carbocycles. The van der Waals surface area contributed by atoms with Gasteiger partial charge in [0.2, 0.25) is 0 Å². The van der Waals surface area contributed by atoms with Crippen LogP contribution >= 0.6 is 0 Å². The number of carbonyl (C=O) groups is 1. The van der Waals surface area contributed by atoms with Crippen molar-refractivity contribution in [2.24, 2.45) is 5.92 Å². The molecule has 1 unspecified atom stereocenters. The van der Waals surface area contributed by atoms with Gasteiger partial charge in [0, 0.05) is 0 Å². The van der Waals surface area contributed by atoms with Gasteiger partial charge in [0.1, 0.15) is 5.60 Å². The van der Waals surface area contributed by atoms with E-state index in [1.807, 2.05) is 13.8 Å². The van der Waals surface area contributed by atoms with Crippen LogP contribution in [-0.2, 0) is 4.79 Å². The third-order valence-corrected chi connectivity index (χ3v) is 3.80. The van der Waals surface area contributed by atoms with Gasteiger partial charge in [-0.1, -0.05) is 26.0 Å². The van der Waals surface area contributed by atoms with Crippen LogP contribution in [0, 0.1) is 11.7 Å². The molecule has 20 heavy (non-hydrogen) atoms. The number of likely N-dealkylation sites (tertiary alicyclic amines) is 1. The zero-order valence-electron chi connectivity index (χ0n) is 12.0. The molecular formula is C15H20FNO3. The summed E-state index contributed by atoms with van der Waals surface area (Å²) >= 11 is 0. The van der Waals surface area contributed by atoms with Gasteiger partial charge in [-0.2, -0.15) is 0 Å². The number of benzene rings is 1. The maximum Gasteiger partial charge on any atom is 0.263 e. The van der Waals surface area contributed by atoms with Gasteiger partial charge in [-0.15, -0.1) is 0 Å². The molecule has 0 aromatic heterocycles. The third-order valence-electron chi connectivity index (χ3n) is 3.80. The van der Waals surface area contributed by atoms with E-state index < -0.39 is 17.5 Å². The zero-order valence-corrected chi connectivity index (χ0v) is 12.0. The number of aliphatic hydroxyl groups is 1. The first kappa shape index (κ1) is 14.8. The fraction of sp³-hybridized carbons (Fsp3) is 0.533. The van der Waals surface area contributed by atoms with E-state index in [9.17, 15) is 14.3 Å². The fourth-order valence-corrected chi connectivity index (χ4v) is 2.17. The molecule has 1 aromatic rings. The van der Waals surface area contributed by atoms with Crippen LogP contribution < -0.4 is 4.74 Å². The Morgan fingerprint density at radius 2 is 1.95 bits per heavy atom. The molecule has 0 radical (unpaired) electrons. The number of para-hydroxylation sites is 1. The average molecular weight is 281 g/mol. The second-order valence-corrected chi connectivity index (χ2v) is 5.64. The topological polar surface area (TPSA) is 49.8 Å². The van der Waals surface area contributed by atoms with Crippen molar-refractivity contribution in [2.75, 3.05) is 13.1 Å². The Morgan fingerprint density at radius 1 is 1.35 bits per heavy atom. The van der Waals surface area contributed by atoms with Gasteiger partial charge in [-0.05, 0) is 25.0 Å². The first-order chi connectivity index (χ1) is 9.33. The van der Waals surface area contributed by atoms with Crippen molar-refractivity contribution >= 4 is 5.91 Å². The molecule has 5 heteroatoms. The minimum atomic E-state index is -0.812. The molecule has 1 amide bonds. The van der Waals surface area contributed by atoms with Crippen LogP contribution in [0.3, 0.4) is 0 Å². The van der Waals surface area contributed by atoms with Crippen molar-refractivity contribution in [3.63, 3.8) is 0 Å². The Hall–Kier alpha value is -1.62. The number of rotatable bonds is 4.